The zero-order chi connectivity index (χ0) is 14.7. The van der Waals surface area contributed by atoms with E-state index in [-0.39, 0.29) is 11.8 Å². The summed E-state index contributed by atoms with van der Waals surface area (Å²) >= 11 is 0. The van der Waals surface area contributed by atoms with Gasteiger partial charge in [-0.1, -0.05) is 30.0 Å². The van der Waals surface area contributed by atoms with E-state index in [1.807, 2.05) is 18.2 Å². The van der Waals surface area contributed by atoms with E-state index in [0.29, 0.717) is 12.6 Å². The maximum atomic E-state index is 11.8. The number of fused-ring (bicyclic) bond motifs is 1. The zero-order valence-electron chi connectivity index (χ0n) is 12.1. The molecule has 4 heteroatoms. The minimum absolute atomic E-state index is 0.168. The summed E-state index contributed by atoms with van der Waals surface area (Å²) in [4.78, 5) is 14.3. The quantitative estimate of drug-likeness (QED) is 0.786. The van der Waals surface area contributed by atoms with Crippen LogP contribution in [0.5, 0.6) is 0 Å². The SMILES string of the molecule is NCC#Cc1ccccc1CN1CCCC2C(=O)NCC21. The summed E-state index contributed by atoms with van der Waals surface area (Å²) in [7, 11) is 0. The second-order valence-electron chi connectivity index (χ2n) is 5.69. The monoisotopic (exact) mass is 283 g/mol. The summed E-state index contributed by atoms with van der Waals surface area (Å²) in [5, 5.41) is 3.00. The highest BCUT2D eigenvalue weighted by molar-refractivity contribution is 5.82. The number of carbonyl (C=O) groups excluding carboxylic acids is 1. The van der Waals surface area contributed by atoms with Crippen LogP contribution >= 0.6 is 0 Å². The molecule has 2 fully saturated rings. The number of benzene rings is 1. The predicted molar refractivity (Wildman–Crippen MR) is 82.3 cm³/mol. The van der Waals surface area contributed by atoms with Crippen molar-refractivity contribution >= 4 is 5.91 Å². The molecule has 110 valence electrons. The number of nitrogens with two attached hydrogens (primary N) is 1. The van der Waals surface area contributed by atoms with E-state index in [4.69, 9.17) is 5.73 Å². The van der Waals surface area contributed by atoms with Crippen molar-refractivity contribution in [3.63, 3.8) is 0 Å². The molecule has 3 rings (SSSR count). The van der Waals surface area contributed by atoms with Crippen LogP contribution in [0, 0.1) is 17.8 Å². The Bertz CT molecular complexity index is 587. The molecule has 0 bridgehead atoms. The first-order valence-corrected chi connectivity index (χ1v) is 7.58. The van der Waals surface area contributed by atoms with Crippen molar-refractivity contribution in [2.24, 2.45) is 11.7 Å². The maximum absolute atomic E-state index is 11.8. The largest absolute Gasteiger partial charge is 0.354 e. The molecular weight excluding hydrogens is 262 g/mol. The van der Waals surface area contributed by atoms with E-state index in [1.165, 1.54) is 5.56 Å². The summed E-state index contributed by atoms with van der Waals surface area (Å²) in [6.07, 6.45) is 2.10. The minimum atomic E-state index is 0.168. The Labute approximate surface area is 125 Å². The van der Waals surface area contributed by atoms with Gasteiger partial charge in [-0.15, -0.1) is 0 Å². The van der Waals surface area contributed by atoms with Gasteiger partial charge in [0.05, 0.1) is 12.5 Å². The third-order valence-corrected chi connectivity index (χ3v) is 4.43. The fraction of sp³-hybridized carbons (Fsp3) is 0.471. The number of rotatable bonds is 2. The molecule has 21 heavy (non-hydrogen) atoms. The first-order valence-electron chi connectivity index (χ1n) is 7.58. The van der Waals surface area contributed by atoms with Crippen LogP contribution in [0.2, 0.25) is 0 Å². The van der Waals surface area contributed by atoms with E-state index >= 15 is 0 Å². The average molecular weight is 283 g/mol. The molecular formula is C17H21N3O. The normalized spacial score (nSPS) is 24.9. The fourth-order valence-corrected chi connectivity index (χ4v) is 3.38. The Morgan fingerprint density at radius 3 is 3.10 bits per heavy atom. The first-order chi connectivity index (χ1) is 10.3. The van der Waals surface area contributed by atoms with Gasteiger partial charge in [-0.2, -0.15) is 0 Å². The van der Waals surface area contributed by atoms with E-state index in [2.05, 4.69) is 28.1 Å². The van der Waals surface area contributed by atoms with Crippen molar-refractivity contribution in [2.45, 2.75) is 25.4 Å². The predicted octanol–water partition coefficient (Wildman–Crippen LogP) is 0.707. The molecule has 0 aliphatic carbocycles. The average Bonchev–Trinajstić information content (AvgIpc) is 2.89. The Morgan fingerprint density at radius 2 is 2.24 bits per heavy atom. The van der Waals surface area contributed by atoms with E-state index in [1.54, 1.807) is 0 Å². The molecule has 0 radical (unpaired) electrons. The molecule has 3 N–H and O–H groups in total. The van der Waals surface area contributed by atoms with Crippen LogP contribution in [-0.2, 0) is 11.3 Å². The molecule has 2 heterocycles. The Hall–Kier alpha value is -1.83. The summed E-state index contributed by atoms with van der Waals surface area (Å²) < 4.78 is 0. The van der Waals surface area contributed by atoms with E-state index < -0.39 is 0 Å². The lowest BCUT2D eigenvalue weighted by atomic mass is 9.91. The van der Waals surface area contributed by atoms with E-state index in [9.17, 15) is 4.79 Å². The molecule has 2 saturated heterocycles. The summed E-state index contributed by atoms with van der Waals surface area (Å²) in [6, 6.07) is 8.54. The van der Waals surface area contributed by atoms with Gasteiger partial charge in [0.25, 0.3) is 0 Å². The first kappa shape index (κ1) is 14.1. The smallest absolute Gasteiger partial charge is 0.224 e. The molecule has 2 atom stereocenters. The highest BCUT2D eigenvalue weighted by Crippen LogP contribution is 2.28. The molecule has 0 saturated carbocycles. The van der Waals surface area contributed by atoms with Crippen LogP contribution in [0.25, 0.3) is 0 Å². The molecule has 2 aliphatic rings. The number of piperidine rings is 1. The number of amides is 1. The third-order valence-electron chi connectivity index (χ3n) is 4.43. The highest BCUT2D eigenvalue weighted by Gasteiger charge is 2.40. The second-order valence-corrected chi connectivity index (χ2v) is 5.69. The Balaban J connectivity index is 1.79. The highest BCUT2D eigenvalue weighted by atomic mass is 16.2. The van der Waals surface area contributed by atoms with Crippen LogP contribution in [0.3, 0.4) is 0 Å². The number of nitrogens with zero attached hydrogens (tertiary/aromatic N) is 1. The van der Waals surface area contributed by atoms with Crippen LogP contribution in [0.1, 0.15) is 24.0 Å². The van der Waals surface area contributed by atoms with Gasteiger partial charge in [0.1, 0.15) is 0 Å². The standard InChI is InChI=1S/C17H21N3O/c18-9-3-7-13-5-1-2-6-14(13)12-20-10-4-8-15-16(20)11-19-17(15)21/h1-2,5-6,15-16H,4,8-12,18H2,(H,19,21). The zero-order valence-corrected chi connectivity index (χ0v) is 12.1. The van der Waals surface area contributed by atoms with Crippen molar-refractivity contribution in [1.29, 1.82) is 0 Å². The summed E-state index contributed by atoms with van der Waals surface area (Å²) in [6.45, 7) is 3.06. The molecule has 1 aromatic carbocycles. The lowest BCUT2D eigenvalue weighted by Crippen LogP contribution is -2.45. The number of likely N-dealkylation sites (tertiary alicyclic amines) is 1. The van der Waals surface area contributed by atoms with Gasteiger partial charge < -0.3 is 11.1 Å². The molecule has 0 aromatic heterocycles. The van der Waals surface area contributed by atoms with Gasteiger partial charge >= 0.3 is 0 Å². The number of nitrogens with one attached hydrogen (secondary N) is 1. The Morgan fingerprint density at radius 1 is 1.38 bits per heavy atom. The molecule has 2 aliphatic heterocycles. The van der Waals surface area contributed by atoms with Gasteiger partial charge in [-0.3, -0.25) is 9.69 Å². The lowest BCUT2D eigenvalue weighted by Gasteiger charge is -2.36. The second kappa shape index (κ2) is 6.30. The minimum Gasteiger partial charge on any atom is -0.354 e. The molecule has 4 nitrogen and oxygen atoms in total. The summed E-state index contributed by atoms with van der Waals surface area (Å²) in [5.74, 6) is 6.47. The van der Waals surface area contributed by atoms with Crippen LogP contribution in [0.4, 0.5) is 0 Å². The Kier molecular flexibility index (Phi) is 4.23. The number of carbonyl (C=O) groups is 1. The number of hydrogen-bond acceptors (Lipinski definition) is 3. The lowest BCUT2D eigenvalue weighted by molar-refractivity contribution is -0.124. The van der Waals surface area contributed by atoms with Crippen molar-refractivity contribution in [2.75, 3.05) is 19.6 Å². The van der Waals surface area contributed by atoms with Gasteiger partial charge in [0.15, 0.2) is 0 Å². The third kappa shape index (κ3) is 2.94. The maximum Gasteiger partial charge on any atom is 0.224 e. The van der Waals surface area contributed by atoms with Gasteiger partial charge in [0, 0.05) is 24.7 Å². The molecule has 0 spiro atoms. The molecule has 1 amide bonds. The van der Waals surface area contributed by atoms with Crippen LogP contribution in [-0.4, -0.2) is 36.5 Å². The van der Waals surface area contributed by atoms with E-state index in [0.717, 1.165) is 38.0 Å². The van der Waals surface area contributed by atoms with Crippen molar-refractivity contribution in [3.8, 4) is 11.8 Å². The fourth-order valence-electron chi connectivity index (χ4n) is 3.38. The van der Waals surface area contributed by atoms with Crippen molar-refractivity contribution < 1.29 is 4.79 Å². The number of hydrogen-bond donors (Lipinski definition) is 2. The van der Waals surface area contributed by atoms with Gasteiger partial charge in [-0.25, -0.2) is 0 Å². The molecule has 2 unspecified atom stereocenters. The van der Waals surface area contributed by atoms with Crippen LogP contribution in [0.15, 0.2) is 24.3 Å². The topological polar surface area (TPSA) is 58.4 Å². The van der Waals surface area contributed by atoms with Crippen molar-refractivity contribution in [1.82, 2.24) is 10.2 Å². The van der Waals surface area contributed by atoms with Gasteiger partial charge in [-0.05, 0) is 31.0 Å². The molecule has 1 aromatic rings. The van der Waals surface area contributed by atoms with Crippen LogP contribution < -0.4 is 11.1 Å². The van der Waals surface area contributed by atoms with Gasteiger partial charge in [0.2, 0.25) is 5.91 Å². The summed E-state index contributed by atoms with van der Waals surface area (Å²) in [5.41, 5.74) is 7.73. The van der Waals surface area contributed by atoms with Crippen molar-refractivity contribution in [3.05, 3.63) is 35.4 Å².